The molecule has 1 atom stereocenters. The summed E-state index contributed by atoms with van der Waals surface area (Å²) in [5.74, 6) is 6.67. The standard InChI is InChI=1S/C8H19N3/c1-5-6(2)7(3)8(9)11(4)10/h6H,5,9-10H2,1-4H3/b8-7-. The molecule has 4 N–H and O–H groups in total. The van der Waals surface area contributed by atoms with Crippen LogP contribution in [0.5, 0.6) is 0 Å². The fourth-order valence-corrected chi connectivity index (χ4v) is 0.837. The fourth-order valence-electron chi connectivity index (χ4n) is 0.837. The number of nitrogens with zero attached hydrogens (tertiary/aromatic N) is 1. The average molecular weight is 157 g/mol. The molecule has 1 unspecified atom stereocenters. The second kappa shape index (κ2) is 4.23. The first-order valence-electron chi connectivity index (χ1n) is 3.95. The molecule has 0 fully saturated rings. The Morgan fingerprint density at radius 2 is 2.00 bits per heavy atom. The summed E-state index contributed by atoms with van der Waals surface area (Å²) in [6, 6.07) is 0. The molecule has 0 heterocycles. The smallest absolute Gasteiger partial charge is 0.112 e. The van der Waals surface area contributed by atoms with Crippen molar-refractivity contribution in [1.82, 2.24) is 5.01 Å². The Morgan fingerprint density at radius 1 is 1.55 bits per heavy atom. The Labute approximate surface area is 69.0 Å². The number of hydrogen-bond donors (Lipinski definition) is 2. The molecule has 0 spiro atoms. The maximum atomic E-state index is 5.72. The molecule has 0 aliphatic heterocycles. The lowest BCUT2D eigenvalue weighted by atomic mass is 10.0. The van der Waals surface area contributed by atoms with Crippen molar-refractivity contribution in [1.29, 1.82) is 0 Å². The number of allylic oxidation sites excluding steroid dienone is 1. The van der Waals surface area contributed by atoms with Gasteiger partial charge in [-0.25, -0.2) is 5.84 Å². The summed E-state index contributed by atoms with van der Waals surface area (Å²) in [5, 5.41) is 1.46. The van der Waals surface area contributed by atoms with Gasteiger partial charge in [0.15, 0.2) is 0 Å². The molecule has 0 aliphatic rings. The molecule has 0 radical (unpaired) electrons. The van der Waals surface area contributed by atoms with Gasteiger partial charge in [0, 0.05) is 7.05 Å². The highest BCUT2D eigenvalue weighted by Crippen LogP contribution is 2.15. The van der Waals surface area contributed by atoms with Crippen molar-refractivity contribution in [3.05, 3.63) is 11.4 Å². The van der Waals surface area contributed by atoms with Crippen molar-refractivity contribution in [3.63, 3.8) is 0 Å². The van der Waals surface area contributed by atoms with Crippen LogP contribution in [0.15, 0.2) is 11.4 Å². The first-order valence-corrected chi connectivity index (χ1v) is 3.95. The highest BCUT2D eigenvalue weighted by atomic mass is 15.4. The quantitative estimate of drug-likeness (QED) is 0.475. The number of hydrazine groups is 1. The third-order valence-corrected chi connectivity index (χ3v) is 2.14. The van der Waals surface area contributed by atoms with Gasteiger partial charge in [0.05, 0.1) is 0 Å². The Hall–Kier alpha value is -0.700. The van der Waals surface area contributed by atoms with Gasteiger partial charge in [0.2, 0.25) is 0 Å². The number of nitrogens with two attached hydrogens (primary N) is 2. The van der Waals surface area contributed by atoms with Crippen LogP contribution in [0, 0.1) is 5.92 Å². The van der Waals surface area contributed by atoms with Gasteiger partial charge in [-0.05, 0) is 24.8 Å². The SMILES string of the molecule is CCC(C)/C(C)=C(/N)N(C)N. The van der Waals surface area contributed by atoms with E-state index in [2.05, 4.69) is 13.8 Å². The molecule has 0 aliphatic carbocycles. The summed E-state index contributed by atoms with van der Waals surface area (Å²) in [7, 11) is 1.75. The van der Waals surface area contributed by atoms with Crippen molar-refractivity contribution in [2.24, 2.45) is 17.5 Å². The van der Waals surface area contributed by atoms with Crippen LogP contribution in [-0.2, 0) is 0 Å². The molecule has 3 heteroatoms. The highest BCUT2D eigenvalue weighted by Gasteiger charge is 2.06. The van der Waals surface area contributed by atoms with Crippen molar-refractivity contribution in [2.75, 3.05) is 7.05 Å². The Kier molecular flexibility index (Phi) is 3.97. The van der Waals surface area contributed by atoms with E-state index in [0.29, 0.717) is 11.7 Å². The summed E-state index contributed by atoms with van der Waals surface area (Å²) in [4.78, 5) is 0. The Balaban J connectivity index is 4.38. The summed E-state index contributed by atoms with van der Waals surface area (Å²) in [5.41, 5.74) is 6.88. The van der Waals surface area contributed by atoms with Gasteiger partial charge < -0.3 is 10.7 Å². The molecule has 0 saturated heterocycles. The third kappa shape index (κ3) is 2.80. The van der Waals surface area contributed by atoms with Crippen molar-refractivity contribution < 1.29 is 0 Å². The van der Waals surface area contributed by atoms with Crippen LogP contribution in [0.4, 0.5) is 0 Å². The summed E-state index contributed by atoms with van der Waals surface area (Å²) >= 11 is 0. The highest BCUT2D eigenvalue weighted by molar-refractivity contribution is 5.08. The molecule has 3 nitrogen and oxygen atoms in total. The van der Waals surface area contributed by atoms with Crippen molar-refractivity contribution >= 4 is 0 Å². The maximum absolute atomic E-state index is 5.72. The summed E-state index contributed by atoms with van der Waals surface area (Å²) in [6.45, 7) is 6.30. The van der Waals surface area contributed by atoms with Crippen LogP contribution in [0.3, 0.4) is 0 Å². The zero-order valence-corrected chi connectivity index (χ0v) is 7.89. The summed E-state index contributed by atoms with van der Waals surface area (Å²) in [6.07, 6.45) is 1.10. The average Bonchev–Trinajstić information content (AvgIpc) is 2.00. The molecule has 0 rings (SSSR count). The predicted octanol–water partition coefficient (Wildman–Crippen LogP) is 1.03. The largest absolute Gasteiger partial charge is 0.384 e. The van der Waals surface area contributed by atoms with Gasteiger partial charge in [-0.2, -0.15) is 0 Å². The lowest BCUT2D eigenvalue weighted by molar-refractivity contribution is 0.419. The molecule has 66 valence electrons. The Morgan fingerprint density at radius 3 is 2.27 bits per heavy atom. The zero-order chi connectivity index (χ0) is 9.02. The Bertz CT molecular complexity index is 149. The van der Waals surface area contributed by atoms with Crippen molar-refractivity contribution in [2.45, 2.75) is 27.2 Å². The topological polar surface area (TPSA) is 55.3 Å². The molecule has 0 aromatic carbocycles. The van der Waals surface area contributed by atoms with Gasteiger partial charge in [0.25, 0.3) is 0 Å². The molecule has 0 saturated carbocycles. The van der Waals surface area contributed by atoms with Crippen LogP contribution in [0.2, 0.25) is 0 Å². The summed E-state index contributed by atoms with van der Waals surface area (Å²) < 4.78 is 0. The van der Waals surface area contributed by atoms with Gasteiger partial charge in [-0.3, -0.25) is 0 Å². The maximum Gasteiger partial charge on any atom is 0.112 e. The van der Waals surface area contributed by atoms with E-state index < -0.39 is 0 Å². The van der Waals surface area contributed by atoms with E-state index in [9.17, 15) is 0 Å². The predicted molar refractivity (Wildman–Crippen MR) is 48.3 cm³/mol. The first-order chi connectivity index (χ1) is 5.00. The molecule has 0 aromatic rings. The van der Waals surface area contributed by atoms with Gasteiger partial charge in [-0.1, -0.05) is 13.8 Å². The van der Waals surface area contributed by atoms with E-state index in [1.165, 1.54) is 5.01 Å². The fraction of sp³-hybridized carbons (Fsp3) is 0.750. The lowest BCUT2D eigenvalue weighted by Gasteiger charge is -2.18. The number of rotatable bonds is 3. The van der Waals surface area contributed by atoms with E-state index in [0.717, 1.165) is 12.0 Å². The van der Waals surface area contributed by atoms with Crippen LogP contribution in [-0.4, -0.2) is 12.1 Å². The molecular weight excluding hydrogens is 138 g/mol. The number of hydrogen-bond acceptors (Lipinski definition) is 3. The minimum Gasteiger partial charge on any atom is -0.384 e. The zero-order valence-electron chi connectivity index (χ0n) is 7.89. The molecule has 0 amide bonds. The molecule has 0 aromatic heterocycles. The van der Waals surface area contributed by atoms with Gasteiger partial charge >= 0.3 is 0 Å². The van der Waals surface area contributed by atoms with Gasteiger partial charge in [0.1, 0.15) is 5.82 Å². The molecule has 11 heavy (non-hydrogen) atoms. The third-order valence-electron chi connectivity index (χ3n) is 2.14. The molecule has 0 bridgehead atoms. The second-order valence-corrected chi connectivity index (χ2v) is 2.99. The van der Waals surface area contributed by atoms with Crippen LogP contribution < -0.4 is 11.6 Å². The van der Waals surface area contributed by atoms with E-state index in [4.69, 9.17) is 11.6 Å². The minimum absolute atomic E-state index is 0.515. The normalized spacial score (nSPS) is 15.7. The van der Waals surface area contributed by atoms with Crippen LogP contribution >= 0.6 is 0 Å². The monoisotopic (exact) mass is 157 g/mol. The van der Waals surface area contributed by atoms with Crippen LogP contribution in [0.1, 0.15) is 27.2 Å². The second-order valence-electron chi connectivity index (χ2n) is 2.99. The van der Waals surface area contributed by atoms with Crippen molar-refractivity contribution in [3.8, 4) is 0 Å². The van der Waals surface area contributed by atoms with Gasteiger partial charge in [-0.15, -0.1) is 0 Å². The van der Waals surface area contributed by atoms with Crippen LogP contribution in [0.25, 0.3) is 0 Å². The first kappa shape index (κ1) is 10.3. The lowest BCUT2D eigenvalue weighted by Crippen LogP contribution is -2.31. The minimum atomic E-state index is 0.515. The van der Waals surface area contributed by atoms with E-state index in [1.807, 2.05) is 6.92 Å². The van der Waals surface area contributed by atoms with E-state index in [-0.39, 0.29) is 0 Å². The molecular formula is C8H19N3. The van der Waals surface area contributed by atoms with E-state index >= 15 is 0 Å². The van der Waals surface area contributed by atoms with E-state index in [1.54, 1.807) is 7.05 Å².